The fraction of sp³-hybridized carbons (Fsp3) is 0.444. The number of hydrogen-bond acceptors (Lipinski definition) is 6. The van der Waals surface area contributed by atoms with Crippen LogP contribution in [0.2, 0.25) is 0 Å². The van der Waals surface area contributed by atoms with Crippen molar-refractivity contribution < 1.29 is 19.1 Å². The van der Waals surface area contributed by atoms with Crippen molar-refractivity contribution in [2.24, 2.45) is 11.7 Å². The Labute approximate surface area is 161 Å². The summed E-state index contributed by atoms with van der Waals surface area (Å²) >= 11 is 1.25. The Bertz CT molecular complexity index is 834. The predicted molar refractivity (Wildman–Crippen MR) is 103 cm³/mol. The molecule has 0 fully saturated rings. The first kappa shape index (κ1) is 20.8. The zero-order valence-corrected chi connectivity index (χ0v) is 16.4. The standard InChI is InChI=1S/C18H24N4O4S/c1-4-9-22-13-8-6-5-7-12(13)20-18(22)27-10-14(23)26-15(11(2)3)16(24)21-17(19)25/h5-8,11,15H,4,9-10H2,1-3H3,(H3,19,21,24,25)/t15-/m0/s1. The van der Waals surface area contributed by atoms with Crippen molar-refractivity contribution in [1.82, 2.24) is 14.9 Å². The first-order valence-electron chi connectivity index (χ1n) is 8.71. The highest BCUT2D eigenvalue weighted by molar-refractivity contribution is 7.99. The average molecular weight is 392 g/mol. The molecule has 3 N–H and O–H groups in total. The van der Waals surface area contributed by atoms with E-state index in [0.717, 1.165) is 29.2 Å². The Morgan fingerprint density at radius 3 is 2.63 bits per heavy atom. The zero-order valence-electron chi connectivity index (χ0n) is 15.6. The quantitative estimate of drug-likeness (QED) is 0.526. The average Bonchev–Trinajstić information content (AvgIpc) is 2.95. The van der Waals surface area contributed by atoms with Crippen LogP contribution in [0.3, 0.4) is 0 Å². The maximum atomic E-state index is 12.2. The van der Waals surface area contributed by atoms with Crippen LogP contribution >= 0.6 is 11.8 Å². The van der Waals surface area contributed by atoms with Crippen molar-refractivity contribution in [3.8, 4) is 0 Å². The molecule has 1 aromatic heterocycles. The summed E-state index contributed by atoms with van der Waals surface area (Å²) in [7, 11) is 0. The Balaban J connectivity index is 2.06. The molecule has 2 rings (SSSR count). The van der Waals surface area contributed by atoms with Gasteiger partial charge in [-0.2, -0.15) is 0 Å². The number of carbonyl (C=O) groups is 3. The second-order valence-electron chi connectivity index (χ2n) is 6.33. The number of benzene rings is 1. The number of aromatic nitrogens is 2. The summed E-state index contributed by atoms with van der Waals surface area (Å²) in [5, 5.41) is 2.67. The van der Waals surface area contributed by atoms with E-state index in [-0.39, 0.29) is 11.7 Å². The van der Waals surface area contributed by atoms with E-state index in [1.165, 1.54) is 11.8 Å². The highest BCUT2D eigenvalue weighted by Gasteiger charge is 2.27. The van der Waals surface area contributed by atoms with Gasteiger partial charge in [-0.25, -0.2) is 9.78 Å². The number of imide groups is 1. The van der Waals surface area contributed by atoms with E-state index < -0.39 is 24.0 Å². The Morgan fingerprint density at radius 1 is 1.30 bits per heavy atom. The predicted octanol–water partition coefficient (Wildman–Crippen LogP) is 2.30. The minimum atomic E-state index is -1.08. The molecule has 2 aromatic rings. The number of nitrogens with one attached hydrogen (secondary N) is 1. The molecule has 0 radical (unpaired) electrons. The van der Waals surface area contributed by atoms with Gasteiger partial charge in [0.1, 0.15) is 0 Å². The zero-order chi connectivity index (χ0) is 20.0. The molecule has 1 atom stereocenters. The van der Waals surface area contributed by atoms with Crippen LogP contribution in [0.25, 0.3) is 11.0 Å². The molecule has 8 nitrogen and oxygen atoms in total. The van der Waals surface area contributed by atoms with Gasteiger partial charge in [-0.1, -0.05) is 44.7 Å². The Kier molecular flexibility index (Phi) is 7.23. The van der Waals surface area contributed by atoms with Crippen molar-refractivity contribution in [1.29, 1.82) is 0 Å². The van der Waals surface area contributed by atoms with Crippen LogP contribution in [0.4, 0.5) is 4.79 Å². The number of carbonyl (C=O) groups excluding carboxylic acids is 3. The maximum absolute atomic E-state index is 12.2. The first-order chi connectivity index (χ1) is 12.8. The largest absolute Gasteiger partial charge is 0.451 e. The molecule has 27 heavy (non-hydrogen) atoms. The van der Waals surface area contributed by atoms with Crippen molar-refractivity contribution in [2.75, 3.05) is 5.75 Å². The van der Waals surface area contributed by atoms with Crippen molar-refractivity contribution >= 4 is 40.7 Å². The molecule has 1 heterocycles. The number of thioether (sulfide) groups is 1. The van der Waals surface area contributed by atoms with E-state index in [9.17, 15) is 14.4 Å². The number of hydrogen-bond donors (Lipinski definition) is 2. The molecule has 0 spiro atoms. The van der Waals surface area contributed by atoms with Crippen molar-refractivity contribution in [3.05, 3.63) is 24.3 Å². The lowest BCUT2D eigenvalue weighted by Crippen LogP contribution is -2.45. The van der Waals surface area contributed by atoms with Gasteiger partial charge in [-0.3, -0.25) is 14.9 Å². The normalized spacial score (nSPS) is 12.1. The Hall–Kier alpha value is -2.55. The topological polar surface area (TPSA) is 116 Å². The highest BCUT2D eigenvalue weighted by atomic mass is 32.2. The number of imidazole rings is 1. The third kappa shape index (κ3) is 5.46. The van der Waals surface area contributed by atoms with Gasteiger partial charge in [-0.05, 0) is 24.5 Å². The number of aryl methyl sites for hydroxylation is 1. The first-order valence-corrected chi connectivity index (χ1v) is 9.69. The van der Waals surface area contributed by atoms with Gasteiger partial charge in [0.25, 0.3) is 5.91 Å². The number of urea groups is 1. The summed E-state index contributed by atoms with van der Waals surface area (Å²) < 4.78 is 7.32. The number of rotatable bonds is 8. The molecular weight excluding hydrogens is 368 g/mol. The molecular formula is C18H24N4O4S. The number of amides is 3. The molecule has 9 heteroatoms. The number of nitrogens with zero attached hydrogens (tertiary/aromatic N) is 2. The number of primary amides is 1. The summed E-state index contributed by atoms with van der Waals surface area (Å²) in [6.45, 7) is 6.29. The van der Waals surface area contributed by atoms with Gasteiger partial charge >= 0.3 is 12.0 Å². The summed E-state index contributed by atoms with van der Waals surface area (Å²) in [5.41, 5.74) is 6.83. The molecule has 1 aromatic carbocycles. The van der Waals surface area contributed by atoms with Crippen molar-refractivity contribution in [3.63, 3.8) is 0 Å². The summed E-state index contributed by atoms with van der Waals surface area (Å²) in [5.74, 6) is -1.59. The van der Waals surface area contributed by atoms with E-state index in [2.05, 4.69) is 16.5 Å². The number of fused-ring (bicyclic) bond motifs is 1. The van der Waals surface area contributed by atoms with E-state index in [1.54, 1.807) is 13.8 Å². The fourth-order valence-corrected chi connectivity index (χ4v) is 3.41. The number of esters is 1. The second kappa shape index (κ2) is 9.40. The van der Waals surface area contributed by atoms with Crippen LogP contribution in [0, 0.1) is 5.92 Å². The molecule has 146 valence electrons. The number of ether oxygens (including phenoxy) is 1. The van der Waals surface area contributed by atoms with Crippen LogP contribution < -0.4 is 11.1 Å². The van der Waals surface area contributed by atoms with Gasteiger partial charge < -0.3 is 15.0 Å². The monoisotopic (exact) mass is 392 g/mol. The SMILES string of the molecule is CCCn1c(SCC(=O)O[C@H](C(=O)NC(N)=O)C(C)C)nc2ccccc21. The van der Waals surface area contributed by atoms with Gasteiger partial charge in [0, 0.05) is 6.54 Å². The molecule has 0 saturated carbocycles. The summed E-state index contributed by atoms with van der Waals surface area (Å²) in [4.78, 5) is 39.6. The summed E-state index contributed by atoms with van der Waals surface area (Å²) in [6, 6.07) is 6.79. The van der Waals surface area contributed by atoms with Crippen LogP contribution in [0.1, 0.15) is 27.2 Å². The molecule has 0 aliphatic carbocycles. The fourth-order valence-electron chi connectivity index (χ4n) is 2.59. The number of para-hydroxylation sites is 2. The Morgan fingerprint density at radius 2 is 2.00 bits per heavy atom. The summed E-state index contributed by atoms with van der Waals surface area (Å²) in [6.07, 6.45) is -0.152. The smallest absolute Gasteiger partial charge is 0.318 e. The lowest BCUT2D eigenvalue weighted by molar-refractivity contribution is -0.155. The number of nitrogens with two attached hydrogens (primary N) is 1. The second-order valence-corrected chi connectivity index (χ2v) is 7.27. The van der Waals surface area contributed by atoms with Crippen LogP contribution in [0.15, 0.2) is 29.4 Å². The lowest BCUT2D eigenvalue weighted by atomic mass is 10.1. The van der Waals surface area contributed by atoms with Gasteiger partial charge in [-0.15, -0.1) is 0 Å². The van der Waals surface area contributed by atoms with Crippen LogP contribution in [0.5, 0.6) is 0 Å². The van der Waals surface area contributed by atoms with E-state index in [4.69, 9.17) is 10.5 Å². The van der Waals surface area contributed by atoms with E-state index >= 15 is 0 Å². The molecule has 0 unspecified atom stereocenters. The minimum absolute atomic E-state index is 0.000107. The third-order valence-corrected chi connectivity index (χ3v) is 4.70. The molecule has 0 aliphatic rings. The van der Waals surface area contributed by atoms with Gasteiger partial charge in [0.2, 0.25) is 0 Å². The highest BCUT2D eigenvalue weighted by Crippen LogP contribution is 2.24. The van der Waals surface area contributed by atoms with E-state index in [0.29, 0.717) is 0 Å². The third-order valence-electron chi connectivity index (χ3n) is 3.75. The molecule has 3 amide bonds. The molecule has 0 bridgehead atoms. The molecule has 0 saturated heterocycles. The van der Waals surface area contributed by atoms with Gasteiger partial charge in [0.05, 0.1) is 16.8 Å². The lowest BCUT2D eigenvalue weighted by Gasteiger charge is -2.19. The van der Waals surface area contributed by atoms with Gasteiger partial charge in [0.15, 0.2) is 11.3 Å². The molecule has 0 aliphatic heterocycles. The maximum Gasteiger partial charge on any atom is 0.318 e. The van der Waals surface area contributed by atoms with Crippen LogP contribution in [-0.2, 0) is 20.9 Å². The van der Waals surface area contributed by atoms with Crippen LogP contribution in [-0.4, -0.2) is 39.3 Å². The minimum Gasteiger partial charge on any atom is -0.451 e. The van der Waals surface area contributed by atoms with E-state index in [1.807, 2.05) is 29.6 Å². The van der Waals surface area contributed by atoms with Crippen molar-refractivity contribution in [2.45, 2.75) is 45.0 Å².